The standard InChI is InChI=1S/C29H22F2N2O5S/c1-16(27-28(35)32-29(36)39-27)17-5-10-21(11-6-17)37-13-14-38-26-24(18-3-7-19(30)8-4-18)33(2)23-15-20(31)9-12-22(23)25(26)34/h3-12,15H,13-14H2,1-2H3,(H,32,35,36)/b27-16-. The molecule has 2 amide bonds. The molecule has 4 aromatic rings. The number of rotatable bonds is 7. The number of carbonyl (C=O) groups excluding carboxylic acids is 2. The highest BCUT2D eigenvalue weighted by atomic mass is 32.2. The fourth-order valence-electron chi connectivity index (χ4n) is 4.34. The van der Waals surface area contributed by atoms with Gasteiger partial charge >= 0.3 is 0 Å². The molecule has 1 aliphatic rings. The Labute approximate surface area is 226 Å². The van der Waals surface area contributed by atoms with Gasteiger partial charge < -0.3 is 14.0 Å². The number of nitrogens with zero attached hydrogens (tertiary/aromatic N) is 1. The Morgan fingerprint density at radius 3 is 2.23 bits per heavy atom. The molecule has 2 heterocycles. The Kier molecular flexibility index (Phi) is 7.21. The lowest BCUT2D eigenvalue weighted by atomic mass is 10.1. The first kappa shape index (κ1) is 26.2. The number of imide groups is 1. The fraction of sp³-hybridized carbons (Fsp3) is 0.138. The summed E-state index contributed by atoms with van der Waals surface area (Å²) in [6.45, 7) is 1.90. The van der Waals surface area contributed by atoms with Gasteiger partial charge in [-0.05, 0) is 84.4 Å². The molecule has 0 aliphatic carbocycles. The zero-order valence-corrected chi connectivity index (χ0v) is 21.7. The number of amides is 2. The molecule has 1 saturated heterocycles. The van der Waals surface area contributed by atoms with Crippen LogP contribution < -0.4 is 20.2 Å². The van der Waals surface area contributed by atoms with Crippen molar-refractivity contribution >= 4 is 39.4 Å². The molecular weight excluding hydrogens is 526 g/mol. The number of aromatic nitrogens is 1. The fourth-order valence-corrected chi connectivity index (χ4v) is 5.08. The van der Waals surface area contributed by atoms with Gasteiger partial charge in [-0.15, -0.1) is 0 Å². The van der Waals surface area contributed by atoms with Gasteiger partial charge in [-0.25, -0.2) is 8.78 Å². The summed E-state index contributed by atoms with van der Waals surface area (Å²) < 4.78 is 40.9. The summed E-state index contributed by atoms with van der Waals surface area (Å²) in [7, 11) is 1.69. The average Bonchev–Trinajstić information content (AvgIpc) is 3.27. The van der Waals surface area contributed by atoms with Crippen LogP contribution in [0, 0.1) is 11.6 Å². The molecule has 3 aromatic carbocycles. The van der Waals surface area contributed by atoms with E-state index in [0.29, 0.717) is 33.0 Å². The Bertz CT molecular complexity index is 1700. The number of pyridine rings is 1. The van der Waals surface area contributed by atoms with Crippen molar-refractivity contribution in [2.45, 2.75) is 6.92 Å². The van der Waals surface area contributed by atoms with E-state index in [1.807, 2.05) is 0 Å². The third-order valence-electron chi connectivity index (χ3n) is 6.28. The number of benzene rings is 3. The van der Waals surface area contributed by atoms with E-state index in [9.17, 15) is 23.2 Å². The molecule has 5 rings (SSSR count). The van der Waals surface area contributed by atoms with Crippen LogP contribution in [0.2, 0.25) is 0 Å². The van der Waals surface area contributed by atoms with Crippen LogP contribution in [0.4, 0.5) is 13.6 Å². The molecule has 7 nitrogen and oxygen atoms in total. The maximum Gasteiger partial charge on any atom is 0.290 e. The number of aryl methyl sites for hydroxylation is 1. The van der Waals surface area contributed by atoms with Gasteiger partial charge in [0.25, 0.3) is 11.1 Å². The molecule has 1 N–H and O–H groups in total. The second-order valence-electron chi connectivity index (χ2n) is 8.75. The van der Waals surface area contributed by atoms with Gasteiger partial charge in [-0.3, -0.25) is 19.7 Å². The van der Waals surface area contributed by atoms with E-state index < -0.39 is 28.2 Å². The number of hydrogen-bond acceptors (Lipinski definition) is 6. The van der Waals surface area contributed by atoms with Gasteiger partial charge in [0.05, 0.1) is 16.1 Å². The minimum atomic E-state index is -0.485. The van der Waals surface area contributed by atoms with Crippen LogP contribution in [-0.2, 0) is 11.8 Å². The minimum Gasteiger partial charge on any atom is -0.490 e. The molecule has 0 unspecified atom stereocenters. The molecule has 1 aliphatic heterocycles. The van der Waals surface area contributed by atoms with Crippen LogP contribution in [0.3, 0.4) is 0 Å². The van der Waals surface area contributed by atoms with E-state index >= 15 is 0 Å². The Hall–Kier alpha value is -4.44. The SMILES string of the molecule is C/C(=C1/SC(=O)NC1=O)c1ccc(OCCOc2c(-c3ccc(F)cc3)n(C)c3cc(F)ccc3c2=O)cc1. The zero-order chi connectivity index (χ0) is 27.7. The Morgan fingerprint density at radius 2 is 1.56 bits per heavy atom. The average molecular weight is 549 g/mol. The molecule has 1 fully saturated rings. The number of hydrogen-bond donors (Lipinski definition) is 1. The van der Waals surface area contributed by atoms with E-state index in [1.54, 1.807) is 42.8 Å². The third kappa shape index (κ3) is 5.28. The maximum atomic E-state index is 14.0. The minimum absolute atomic E-state index is 0.0277. The Morgan fingerprint density at radius 1 is 0.897 bits per heavy atom. The summed E-state index contributed by atoms with van der Waals surface area (Å²) in [6, 6.07) is 16.5. The highest BCUT2D eigenvalue weighted by Gasteiger charge is 2.27. The zero-order valence-electron chi connectivity index (χ0n) is 20.9. The van der Waals surface area contributed by atoms with E-state index in [2.05, 4.69) is 5.32 Å². The lowest BCUT2D eigenvalue weighted by molar-refractivity contribution is -0.115. The van der Waals surface area contributed by atoms with Gasteiger partial charge in [-0.1, -0.05) is 12.1 Å². The van der Waals surface area contributed by atoms with Gasteiger partial charge in [0.1, 0.15) is 30.6 Å². The lowest BCUT2D eigenvalue weighted by Gasteiger charge is -2.18. The molecule has 0 saturated carbocycles. The first-order valence-corrected chi connectivity index (χ1v) is 12.7. The predicted octanol–water partition coefficient (Wildman–Crippen LogP) is 5.66. The van der Waals surface area contributed by atoms with Crippen molar-refractivity contribution in [1.29, 1.82) is 0 Å². The summed E-state index contributed by atoms with van der Waals surface area (Å²) >= 11 is 0.867. The van der Waals surface area contributed by atoms with Crippen molar-refractivity contribution in [1.82, 2.24) is 9.88 Å². The van der Waals surface area contributed by atoms with Gasteiger partial charge in [-0.2, -0.15) is 0 Å². The first-order valence-electron chi connectivity index (χ1n) is 11.9. The molecule has 1 aromatic heterocycles. The highest BCUT2D eigenvalue weighted by Crippen LogP contribution is 2.33. The normalized spacial score (nSPS) is 14.5. The van der Waals surface area contributed by atoms with Crippen LogP contribution in [0.5, 0.6) is 11.5 Å². The van der Waals surface area contributed by atoms with Crippen molar-refractivity contribution in [2.75, 3.05) is 13.2 Å². The highest BCUT2D eigenvalue weighted by molar-refractivity contribution is 8.18. The second-order valence-corrected chi connectivity index (χ2v) is 9.74. The molecule has 0 spiro atoms. The summed E-state index contributed by atoms with van der Waals surface area (Å²) in [5.74, 6) is -0.736. The van der Waals surface area contributed by atoms with E-state index in [4.69, 9.17) is 9.47 Å². The summed E-state index contributed by atoms with van der Waals surface area (Å²) in [5.41, 5.74) is 2.34. The molecule has 0 bridgehead atoms. The van der Waals surface area contributed by atoms with Crippen molar-refractivity contribution < 1.29 is 27.8 Å². The second kappa shape index (κ2) is 10.7. The Balaban J connectivity index is 1.35. The monoisotopic (exact) mass is 548 g/mol. The summed E-state index contributed by atoms with van der Waals surface area (Å²) in [6.07, 6.45) is 0. The number of thioether (sulfide) groups is 1. The van der Waals surface area contributed by atoms with E-state index in [0.717, 1.165) is 17.3 Å². The van der Waals surface area contributed by atoms with Gasteiger partial charge in [0.15, 0.2) is 5.75 Å². The number of nitrogens with one attached hydrogen (secondary N) is 1. The van der Waals surface area contributed by atoms with Crippen molar-refractivity contribution in [3.05, 3.63) is 99.1 Å². The molecular formula is C29H22F2N2O5S. The largest absolute Gasteiger partial charge is 0.490 e. The van der Waals surface area contributed by atoms with Crippen molar-refractivity contribution in [3.63, 3.8) is 0 Å². The molecule has 10 heteroatoms. The number of halogens is 2. The van der Waals surface area contributed by atoms with Crippen LogP contribution >= 0.6 is 11.8 Å². The lowest BCUT2D eigenvalue weighted by Crippen LogP contribution is -2.18. The van der Waals surface area contributed by atoms with Crippen LogP contribution in [0.15, 0.2) is 76.4 Å². The van der Waals surface area contributed by atoms with Crippen LogP contribution in [0.1, 0.15) is 12.5 Å². The number of ether oxygens (including phenoxy) is 2. The van der Waals surface area contributed by atoms with Crippen LogP contribution in [0.25, 0.3) is 27.7 Å². The maximum absolute atomic E-state index is 14.0. The van der Waals surface area contributed by atoms with Gasteiger partial charge in [0.2, 0.25) is 5.43 Å². The third-order valence-corrected chi connectivity index (χ3v) is 7.27. The molecule has 0 radical (unpaired) electrons. The molecule has 198 valence electrons. The summed E-state index contributed by atoms with van der Waals surface area (Å²) in [5, 5.41) is 2.14. The first-order chi connectivity index (χ1) is 18.7. The van der Waals surface area contributed by atoms with Crippen molar-refractivity contribution in [2.24, 2.45) is 7.05 Å². The topological polar surface area (TPSA) is 86.6 Å². The van der Waals surface area contributed by atoms with E-state index in [1.165, 1.54) is 42.5 Å². The molecule has 0 atom stereocenters. The number of carbonyl (C=O) groups is 2. The molecule has 39 heavy (non-hydrogen) atoms. The summed E-state index contributed by atoms with van der Waals surface area (Å²) in [4.78, 5) is 37.1. The van der Waals surface area contributed by atoms with Crippen molar-refractivity contribution in [3.8, 4) is 22.8 Å². The quantitative estimate of drug-likeness (QED) is 0.237. The van der Waals surface area contributed by atoms with E-state index in [-0.39, 0.29) is 24.3 Å². The predicted molar refractivity (Wildman–Crippen MR) is 146 cm³/mol. The number of allylic oxidation sites excluding steroid dienone is 1. The number of fused-ring (bicyclic) bond motifs is 1. The smallest absolute Gasteiger partial charge is 0.290 e. The van der Waals surface area contributed by atoms with Crippen LogP contribution in [-0.4, -0.2) is 28.9 Å². The van der Waals surface area contributed by atoms with Gasteiger partial charge in [0, 0.05) is 18.0 Å².